The van der Waals surface area contributed by atoms with Gasteiger partial charge in [-0.2, -0.15) is 5.10 Å². The number of nitrogens with two attached hydrogens (primary N) is 1. The number of aryl methyl sites for hydroxylation is 1. The predicted octanol–water partition coefficient (Wildman–Crippen LogP) is 0.464. The lowest BCUT2D eigenvalue weighted by Gasteiger charge is -2.28. The number of piperidine rings is 1. The molecule has 2 rings (SSSR count). The molecular weight excluding hydrogens is 242 g/mol. The van der Waals surface area contributed by atoms with Crippen molar-refractivity contribution >= 4 is 11.6 Å². The molecule has 6 heteroatoms. The van der Waals surface area contributed by atoms with Crippen molar-refractivity contribution in [2.75, 3.05) is 32.4 Å². The smallest absolute Gasteiger partial charge is 0.271 e. The topological polar surface area (TPSA) is 76.2 Å². The first-order valence-electron chi connectivity index (χ1n) is 6.82. The highest BCUT2D eigenvalue weighted by atomic mass is 16.2. The molecule has 3 N–H and O–H groups in total. The fourth-order valence-electron chi connectivity index (χ4n) is 2.56. The minimum absolute atomic E-state index is 0.134. The van der Waals surface area contributed by atoms with Crippen LogP contribution in [0.5, 0.6) is 0 Å². The zero-order valence-electron chi connectivity index (χ0n) is 11.7. The summed E-state index contributed by atoms with van der Waals surface area (Å²) < 4.78 is 1.51. The van der Waals surface area contributed by atoms with E-state index in [4.69, 9.17) is 5.73 Å². The lowest BCUT2D eigenvalue weighted by atomic mass is 9.94. The number of anilines is 1. The number of likely N-dealkylation sites (tertiary alicyclic amines) is 1. The molecule has 0 bridgehead atoms. The van der Waals surface area contributed by atoms with Crippen molar-refractivity contribution in [3.8, 4) is 0 Å². The van der Waals surface area contributed by atoms with E-state index in [2.05, 4.69) is 22.4 Å². The van der Waals surface area contributed by atoms with E-state index >= 15 is 0 Å². The zero-order chi connectivity index (χ0) is 13.8. The van der Waals surface area contributed by atoms with Crippen LogP contribution in [-0.4, -0.2) is 47.3 Å². The van der Waals surface area contributed by atoms with Crippen LogP contribution in [0.25, 0.3) is 0 Å². The highest BCUT2D eigenvalue weighted by Gasteiger charge is 2.18. The Labute approximate surface area is 113 Å². The summed E-state index contributed by atoms with van der Waals surface area (Å²) >= 11 is 0. The maximum absolute atomic E-state index is 12.0. The van der Waals surface area contributed by atoms with Gasteiger partial charge in [-0.05, 0) is 45.3 Å². The Balaban J connectivity index is 1.75. The Bertz CT molecular complexity index is 415. The summed E-state index contributed by atoms with van der Waals surface area (Å²) in [6.45, 7) is 3.03. The first-order chi connectivity index (χ1) is 9.08. The first kappa shape index (κ1) is 13.9. The largest absolute Gasteiger partial charge is 0.396 e. The lowest BCUT2D eigenvalue weighted by molar-refractivity contribution is 0.0940. The monoisotopic (exact) mass is 265 g/mol. The molecular formula is C13H23N5O. The van der Waals surface area contributed by atoms with Crippen molar-refractivity contribution in [2.24, 2.45) is 13.0 Å². The number of nitrogens with zero attached hydrogens (tertiary/aromatic N) is 3. The van der Waals surface area contributed by atoms with Crippen molar-refractivity contribution in [2.45, 2.75) is 19.3 Å². The Morgan fingerprint density at radius 3 is 2.74 bits per heavy atom. The number of amides is 1. The molecule has 106 valence electrons. The molecule has 0 radical (unpaired) electrons. The van der Waals surface area contributed by atoms with E-state index in [-0.39, 0.29) is 5.91 Å². The minimum Gasteiger partial charge on any atom is -0.396 e. The van der Waals surface area contributed by atoms with Crippen molar-refractivity contribution < 1.29 is 4.79 Å². The fraction of sp³-hybridized carbons (Fsp3) is 0.692. The number of carbonyl (C=O) groups is 1. The molecule has 1 amide bonds. The molecule has 0 saturated carbocycles. The van der Waals surface area contributed by atoms with Gasteiger partial charge >= 0.3 is 0 Å². The quantitative estimate of drug-likeness (QED) is 0.829. The summed E-state index contributed by atoms with van der Waals surface area (Å²) in [5, 5.41) is 6.90. The third-order valence-corrected chi connectivity index (χ3v) is 3.86. The molecule has 2 heterocycles. The van der Waals surface area contributed by atoms with Crippen LogP contribution in [-0.2, 0) is 7.05 Å². The van der Waals surface area contributed by atoms with E-state index in [9.17, 15) is 4.79 Å². The molecule has 1 aliphatic heterocycles. The Morgan fingerprint density at radius 2 is 2.16 bits per heavy atom. The number of aromatic nitrogens is 2. The second-order valence-electron chi connectivity index (χ2n) is 5.36. The van der Waals surface area contributed by atoms with E-state index in [0.29, 0.717) is 17.9 Å². The molecule has 1 saturated heterocycles. The first-order valence-corrected chi connectivity index (χ1v) is 6.82. The van der Waals surface area contributed by atoms with Crippen molar-refractivity contribution in [1.29, 1.82) is 0 Å². The number of hydrogen-bond acceptors (Lipinski definition) is 4. The maximum atomic E-state index is 12.0. The molecule has 1 aliphatic rings. The molecule has 0 aliphatic carbocycles. The Kier molecular flexibility index (Phi) is 4.42. The third kappa shape index (κ3) is 3.47. The number of hydrogen-bond donors (Lipinski definition) is 2. The normalized spacial score (nSPS) is 17.6. The molecule has 0 aromatic carbocycles. The summed E-state index contributed by atoms with van der Waals surface area (Å²) in [6, 6.07) is 0. The van der Waals surface area contributed by atoms with Gasteiger partial charge in [0.2, 0.25) is 0 Å². The van der Waals surface area contributed by atoms with Crippen LogP contribution in [0, 0.1) is 5.92 Å². The van der Waals surface area contributed by atoms with Crippen molar-refractivity contribution in [3.05, 3.63) is 11.9 Å². The standard InChI is InChI=1S/C13H23N5O/c1-17-7-4-10(5-8-17)3-6-15-13(19)12-11(14)9-16-18(12)2/h9-10H,3-8,14H2,1-2H3,(H,15,19). The van der Waals surface area contributed by atoms with Gasteiger partial charge in [-0.3, -0.25) is 9.48 Å². The Morgan fingerprint density at radius 1 is 1.47 bits per heavy atom. The summed E-state index contributed by atoms with van der Waals surface area (Å²) in [4.78, 5) is 14.3. The predicted molar refractivity (Wildman–Crippen MR) is 74.8 cm³/mol. The van der Waals surface area contributed by atoms with Gasteiger partial charge in [-0.15, -0.1) is 0 Å². The van der Waals surface area contributed by atoms with Crippen LogP contribution in [0.4, 0.5) is 5.69 Å². The Hall–Kier alpha value is -1.56. The highest BCUT2D eigenvalue weighted by molar-refractivity contribution is 5.97. The lowest BCUT2D eigenvalue weighted by Crippen LogP contribution is -2.33. The summed E-state index contributed by atoms with van der Waals surface area (Å²) in [6.07, 6.45) is 4.99. The van der Waals surface area contributed by atoms with E-state index < -0.39 is 0 Å². The summed E-state index contributed by atoms with van der Waals surface area (Å²) in [5.74, 6) is 0.589. The number of rotatable bonds is 4. The summed E-state index contributed by atoms with van der Waals surface area (Å²) in [5.41, 5.74) is 6.60. The van der Waals surface area contributed by atoms with Gasteiger partial charge in [0.15, 0.2) is 0 Å². The van der Waals surface area contributed by atoms with Gasteiger partial charge in [0, 0.05) is 13.6 Å². The van der Waals surface area contributed by atoms with E-state index in [1.54, 1.807) is 7.05 Å². The fourth-order valence-corrected chi connectivity index (χ4v) is 2.56. The molecule has 1 aromatic rings. The van der Waals surface area contributed by atoms with E-state index in [1.165, 1.54) is 23.7 Å². The molecule has 19 heavy (non-hydrogen) atoms. The molecule has 0 atom stereocenters. The van der Waals surface area contributed by atoms with Gasteiger partial charge in [0.05, 0.1) is 11.9 Å². The second-order valence-corrected chi connectivity index (χ2v) is 5.36. The molecule has 1 aromatic heterocycles. The van der Waals surface area contributed by atoms with Crippen LogP contribution in [0.15, 0.2) is 6.20 Å². The zero-order valence-corrected chi connectivity index (χ0v) is 11.7. The molecule has 0 unspecified atom stereocenters. The molecule has 0 spiro atoms. The number of carbonyl (C=O) groups excluding carboxylic acids is 1. The minimum atomic E-state index is -0.134. The average Bonchev–Trinajstić information content (AvgIpc) is 2.71. The van der Waals surface area contributed by atoms with Gasteiger partial charge < -0.3 is 16.0 Å². The summed E-state index contributed by atoms with van der Waals surface area (Å²) in [7, 11) is 3.88. The van der Waals surface area contributed by atoms with Crippen LogP contribution >= 0.6 is 0 Å². The van der Waals surface area contributed by atoms with Gasteiger partial charge in [-0.1, -0.05) is 0 Å². The highest BCUT2D eigenvalue weighted by Crippen LogP contribution is 2.18. The van der Waals surface area contributed by atoms with E-state index in [1.807, 2.05) is 0 Å². The van der Waals surface area contributed by atoms with Gasteiger partial charge in [0.25, 0.3) is 5.91 Å². The molecule has 1 fully saturated rings. The van der Waals surface area contributed by atoms with Crippen LogP contribution < -0.4 is 11.1 Å². The number of nitrogens with one attached hydrogen (secondary N) is 1. The van der Waals surface area contributed by atoms with Crippen molar-refractivity contribution in [3.63, 3.8) is 0 Å². The van der Waals surface area contributed by atoms with Crippen molar-refractivity contribution in [1.82, 2.24) is 20.0 Å². The van der Waals surface area contributed by atoms with E-state index in [0.717, 1.165) is 25.4 Å². The molecule has 6 nitrogen and oxygen atoms in total. The van der Waals surface area contributed by atoms with Gasteiger partial charge in [0.1, 0.15) is 5.69 Å². The SMILES string of the molecule is CN1CCC(CCNC(=O)c2c(N)cnn2C)CC1. The van der Waals surface area contributed by atoms with Gasteiger partial charge in [-0.25, -0.2) is 0 Å². The second kappa shape index (κ2) is 6.06. The van der Waals surface area contributed by atoms with Crippen LogP contribution in [0.1, 0.15) is 29.8 Å². The number of nitrogen functional groups attached to an aromatic ring is 1. The maximum Gasteiger partial charge on any atom is 0.271 e. The third-order valence-electron chi connectivity index (χ3n) is 3.86. The average molecular weight is 265 g/mol. The van der Waals surface area contributed by atoms with Crippen LogP contribution in [0.3, 0.4) is 0 Å². The van der Waals surface area contributed by atoms with Crippen LogP contribution in [0.2, 0.25) is 0 Å².